The second-order valence-corrected chi connectivity index (χ2v) is 15.4. The van der Waals surface area contributed by atoms with E-state index in [0.717, 1.165) is 23.2 Å². The normalized spacial score (nSPS) is 12.4. The average Bonchev–Trinajstić information content (AvgIpc) is 3.69. The van der Waals surface area contributed by atoms with Gasteiger partial charge in [0.1, 0.15) is 11.3 Å². The molecule has 0 radical (unpaired) electrons. The average molecular weight is 751 g/mol. The number of aryl methyl sites for hydroxylation is 2. The Morgan fingerprint density at radius 1 is 0.500 bits per heavy atom. The first-order chi connectivity index (χ1) is 28.4. The van der Waals surface area contributed by atoms with Crippen molar-refractivity contribution in [3.05, 3.63) is 216 Å². The van der Waals surface area contributed by atoms with Gasteiger partial charge in [-0.05, 0) is 153 Å². The Kier molecular flexibility index (Phi) is 11.3. The fraction of sp³-hybridized carbons (Fsp3) is 0.123. The Morgan fingerprint density at radius 3 is 1.66 bits per heavy atom. The van der Waals surface area contributed by atoms with Crippen molar-refractivity contribution in [2.75, 3.05) is 0 Å². The Hall–Kier alpha value is -6.70. The van der Waals surface area contributed by atoms with Gasteiger partial charge >= 0.3 is 0 Å². The Balaban J connectivity index is 0.000000243. The maximum absolute atomic E-state index is 6.42. The number of fused-ring (bicyclic) bond motifs is 3. The van der Waals surface area contributed by atoms with Gasteiger partial charge in [0.15, 0.2) is 0 Å². The van der Waals surface area contributed by atoms with Crippen molar-refractivity contribution < 1.29 is 4.42 Å². The summed E-state index contributed by atoms with van der Waals surface area (Å²) in [6, 6.07) is 65.0. The Labute approximate surface area is 343 Å². The molecule has 9 rings (SSSR count). The second-order valence-electron chi connectivity index (χ2n) is 15.4. The molecule has 0 N–H and O–H groups in total. The van der Waals surface area contributed by atoms with Crippen molar-refractivity contribution in [3.8, 4) is 33.4 Å². The third-order valence-corrected chi connectivity index (χ3v) is 11.4. The van der Waals surface area contributed by atoms with E-state index in [0.29, 0.717) is 5.92 Å². The van der Waals surface area contributed by atoms with E-state index < -0.39 is 0 Å². The molecule has 1 heteroatoms. The minimum Gasteiger partial charge on any atom is -0.457 e. The number of hydrogen-bond acceptors (Lipinski definition) is 1. The zero-order valence-electron chi connectivity index (χ0n) is 34.2. The topological polar surface area (TPSA) is 13.1 Å². The van der Waals surface area contributed by atoms with E-state index in [2.05, 4.69) is 223 Å². The first kappa shape index (κ1) is 38.2. The lowest BCUT2D eigenvalue weighted by molar-refractivity contribution is 0.604. The van der Waals surface area contributed by atoms with Crippen LogP contribution >= 0.6 is 0 Å². The minimum absolute atomic E-state index is 0.451. The zero-order valence-corrected chi connectivity index (χ0v) is 34.2. The van der Waals surface area contributed by atoms with Crippen molar-refractivity contribution in [2.45, 2.75) is 41.0 Å². The SMILES string of the molecule is C/C=C(\C(=C/c1cc2cc(-c3cccc(-c4ccc5ccccc5c4)c3)ccc2o1)c1cc(C)ccc1C)C(C)CC.c1ccc(-c2ccc3ccccc3c2)cc1. The first-order valence-electron chi connectivity index (χ1n) is 20.5. The molecular formula is C57H50O. The van der Waals surface area contributed by atoms with Gasteiger partial charge < -0.3 is 4.42 Å². The number of rotatable bonds is 8. The fourth-order valence-electron chi connectivity index (χ4n) is 7.97. The highest BCUT2D eigenvalue weighted by atomic mass is 16.3. The number of furan rings is 1. The van der Waals surface area contributed by atoms with Gasteiger partial charge in [-0.2, -0.15) is 0 Å². The lowest BCUT2D eigenvalue weighted by Gasteiger charge is -2.20. The van der Waals surface area contributed by atoms with Gasteiger partial charge in [0.05, 0.1) is 0 Å². The van der Waals surface area contributed by atoms with Gasteiger partial charge in [-0.1, -0.05) is 171 Å². The van der Waals surface area contributed by atoms with Crippen LogP contribution < -0.4 is 0 Å². The summed E-state index contributed by atoms with van der Waals surface area (Å²) in [5, 5.41) is 6.22. The molecule has 1 heterocycles. The zero-order chi connectivity index (χ0) is 40.0. The van der Waals surface area contributed by atoms with Crippen LogP contribution in [0.4, 0.5) is 0 Å². The summed E-state index contributed by atoms with van der Waals surface area (Å²) in [5.41, 5.74) is 14.7. The van der Waals surface area contributed by atoms with E-state index >= 15 is 0 Å². The van der Waals surface area contributed by atoms with Crippen molar-refractivity contribution in [1.82, 2.24) is 0 Å². The van der Waals surface area contributed by atoms with Gasteiger partial charge in [0.2, 0.25) is 0 Å². The molecule has 0 saturated carbocycles. The molecular weight excluding hydrogens is 701 g/mol. The van der Waals surface area contributed by atoms with Gasteiger partial charge in [-0.15, -0.1) is 0 Å². The van der Waals surface area contributed by atoms with Crippen LogP contribution in [0.1, 0.15) is 49.6 Å². The van der Waals surface area contributed by atoms with Crippen LogP contribution in [0.5, 0.6) is 0 Å². The molecule has 0 spiro atoms. The van der Waals surface area contributed by atoms with Gasteiger partial charge in [-0.3, -0.25) is 0 Å². The lowest BCUT2D eigenvalue weighted by atomic mass is 9.85. The summed E-state index contributed by atoms with van der Waals surface area (Å²) in [7, 11) is 0. The predicted molar refractivity (Wildman–Crippen MR) is 251 cm³/mol. The molecule has 0 aliphatic rings. The molecule has 284 valence electrons. The maximum atomic E-state index is 6.42. The van der Waals surface area contributed by atoms with E-state index in [1.54, 1.807) is 0 Å². The van der Waals surface area contributed by atoms with Crippen molar-refractivity contribution in [1.29, 1.82) is 0 Å². The van der Waals surface area contributed by atoms with Crippen LogP contribution in [0.2, 0.25) is 0 Å². The molecule has 1 unspecified atom stereocenters. The summed E-state index contributed by atoms with van der Waals surface area (Å²) in [4.78, 5) is 0. The predicted octanol–water partition coefficient (Wildman–Crippen LogP) is 16.6. The quantitative estimate of drug-likeness (QED) is 0.141. The third-order valence-electron chi connectivity index (χ3n) is 11.4. The standard InChI is InChI=1S/C41H38O.C16H12/c1-6-28(4)38(7-2)40(39-21-27(3)15-16-29(39)5)26-37-25-36-24-35(19-20-41(36)42-37)33-14-10-13-32(23-33)34-18-17-30-11-8-9-12-31(30)22-34;1-2-6-13(7-3-1)16-11-10-14-8-4-5-9-15(14)12-16/h7-26,28H,6H2,1-5H3;1-12H/b38-7-,40-26+;. The van der Waals surface area contributed by atoms with Crippen molar-refractivity contribution >= 4 is 44.2 Å². The summed E-state index contributed by atoms with van der Waals surface area (Å²) < 4.78 is 6.42. The van der Waals surface area contributed by atoms with Crippen LogP contribution in [0.15, 0.2) is 198 Å². The molecule has 0 bridgehead atoms. The highest BCUT2D eigenvalue weighted by Gasteiger charge is 2.17. The molecule has 0 saturated heterocycles. The molecule has 1 atom stereocenters. The highest BCUT2D eigenvalue weighted by molar-refractivity contribution is 5.95. The van der Waals surface area contributed by atoms with E-state index in [1.165, 1.54) is 82.8 Å². The van der Waals surface area contributed by atoms with E-state index in [9.17, 15) is 0 Å². The first-order valence-corrected chi connectivity index (χ1v) is 20.5. The Bertz CT molecular complexity index is 2920. The number of benzene rings is 8. The number of hydrogen-bond donors (Lipinski definition) is 0. The summed E-state index contributed by atoms with van der Waals surface area (Å²) >= 11 is 0. The third kappa shape index (κ3) is 8.36. The molecule has 1 aromatic heterocycles. The Morgan fingerprint density at radius 2 is 1.03 bits per heavy atom. The van der Waals surface area contributed by atoms with E-state index in [4.69, 9.17) is 4.42 Å². The van der Waals surface area contributed by atoms with Crippen molar-refractivity contribution in [3.63, 3.8) is 0 Å². The maximum Gasteiger partial charge on any atom is 0.134 e. The van der Waals surface area contributed by atoms with Crippen LogP contribution in [-0.2, 0) is 0 Å². The lowest BCUT2D eigenvalue weighted by Crippen LogP contribution is -2.02. The highest BCUT2D eigenvalue weighted by Crippen LogP contribution is 2.37. The largest absolute Gasteiger partial charge is 0.457 e. The van der Waals surface area contributed by atoms with Crippen molar-refractivity contribution in [2.24, 2.45) is 5.92 Å². The van der Waals surface area contributed by atoms with E-state index in [1.807, 2.05) is 6.07 Å². The molecule has 0 aliphatic carbocycles. The molecule has 58 heavy (non-hydrogen) atoms. The van der Waals surface area contributed by atoms with Crippen LogP contribution in [0.3, 0.4) is 0 Å². The summed E-state index contributed by atoms with van der Waals surface area (Å²) in [6.45, 7) is 11.1. The molecule has 0 aliphatic heterocycles. The monoisotopic (exact) mass is 750 g/mol. The van der Waals surface area contributed by atoms with Gasteiger partial charge in [0, 0.05) is 5.39 Å². The molecule has 9 aromatic rings. The van der Waals surface area contributed by atoms with E-state index in [-0.39, 0.29) is 0 Å². The molecule has 1 nitrogen and oxygen atoms in total. The van der Waals surface area contributed by atoms with Crippen LogP contribution in [-0.4, -0.2) is 0 Å². The fourth-order valence-corrected chi connectivity index (χ4v) is 7.97. The number of allylic oxidation sites excluding steroid dienone is 3. The molecule has 8 aromatic carbocycles. The van der Waals surface area contributed by atoms with Crippen LogP contribution in [0, 0.1) is 19.8 Å². The summed E-state index contributed by atoms with van der Waals surface area (Å²) in [6.07, 6.45) is 5.60. The molecule has 0 fully saturated rings. The molecule has 0 amide bonds. The van der Waals surface area contributed by atoms with Gasteiger partial charge in [-0.25, -0.2) is 0 Å². The summed E-state index contributed by atoms with van der Waals surface area (Å²) in [5.74, 6) is 1.33. The minimum atomic E-state index is 0.451. The van der Waals surface area contributed by atoms with Crippen LogP contribution in [0.25, 0.3) is 77.5 Å². The second kappa shape index (κ2) is 17.2. The van der Waals surface area contributed by atoms with Gasteiger partial charge in [0.25, 0.3) is 0 Å². The smallest absolute Gasteiger partial charge is 0.134 e.